The van der Waals surface area contributed by atoms with Crippen LogP contribution in [0.15, 0.2) is 30.3 Å². The van der Waals surface area contributed by atoms with E-state index in [1.807, 2.05) is 30.3 Å². The van der Waals surface area contributed by atoms with E-state index in [4.69, 9.17) is 14.2 Å². The Balaban J connectivity index is 1.74. The summed E-state index contributed by atoms with van der Waals surface area (Å²) in [4.78, 5) is 11.1. The molecular formula is C12H12O4. The largest absolute Gasteiger partial charge is 0.457 e. The van der Waals surface area contributed by atoms with Gasteiger partial charge in [0.25, 0.3) is 0 Å². The van der Waals surface area contributed by atoms with Crippen LogP contribution in [0.3, 0.4) is 0 Å². The van der Waals surface area contributed by atoms with Gasteiger partial charge >= 0.3 is 5.97 Å². The number of ether oxygens (including phenoxy) is 3. The Kier molecular flexibility index (Phi) is 2.38. The summed E-state index contributed by atoms with van der Waals surface area (Å²) in [5, 5.41) is 0. The minimum atomic E-state index is -0.378. The van der Waals surface area contributed by atoms with E-state index >= 15 is 0 Å². The molecule has 0 aromatic heterocycles. The molecule has 4 nitrogen and oxygen atoms in total. The molecule has 2 fully saturated rings. The van der Waals surface area contributed by atoms with Gasteiger partial charge in [-0.3, -0.25) is 4.79 Å². The molecule has 3 atom stereocenters. The van der Waals surface area contributed by atoms with Crippen molar-refractivity contribution in [3.05, 3.63) is 35.9 Å². The second-order valence-corrected chi connectivity index (χ2v) is 3.98. The summed E-state index contributed by atoms with van der Waals surface area (Å²) in [5.74, 6) is -0.202. The van der Waals surface area contributed by atoms with Crippen LogP contribution in [0.2, 0.25) is 0 Å². The van der Waals surface area contributed by atoms with E-state index in [9.17, 15) is 4.79 Å². The van der Waals surface area contributed by atoms with Gasteiger partial charge in [-0.15, -0.1) is 0 Å². The van der Waals surface area contributed by atoms with Crippen molar-refractivity contribution in [1.82, 2.24) is 0 Å². The van der Waals surface area contributed by atoms with Gasteiger partial charge in [0.15, 0.2) is 12.4 Å². The van der Waals surface area contributed by atoms with Crippen molar-refractivity contribution in [2.45, 2.75) is 24.9 Å². The lowest BCUT2D eigenvalue weighted by Crippen LogP contribution is -2.37. The molecule has 0 bridgehead atoms. The first kappa shape index (κ1) is 9.81. The molecule has 2 aliphatic rings. The zero-order chi connectivity index (χ0) is 11.0. The Morgan fingerprint density at radius 2 is 1.94 bits per heavy atom. The number of rotatable bonds is 1. The summed E-state index contributed by atoms with van der Waals surface area (Å²) in [6, 6.07) is 9.71. The average molecular weight is 220 g/mol. The molecule has 1 aromatic rings. The second kappa shape index (κ2) is 3.88. The lowest BCUT2D eigenvalue weighted by atomic mass is 10.1. The Morgan fingerprint density at radius 3 is 2.75 bits per heavy atom. The first-order chi connectivity index (χ1) is 7.83. The van der Waals surface area contributed by atoms with Crippen LogP contribution in [-0.2, 0) is 19.0 Å². The van der Waals surface area contributed by atoms with E-state index < -0.39 is 0 Å². The molecule has 2 aliphatic heterocycles. The van der Waals surface area contributed by atoms with Gasteiger partial charge in [0.2, 0.25) is 0 Å². The van der Waals surface area contributed by atoms with Crippen LogP contribution in [-0.4, -0.2) is 24.8 Å². The number of benzene rings is 1. The molecule has 2 saturated heterocycles. The first-order valence-corrected chi connectivity index (χ1v) is 5.34. The quantitative estimate of drug-likeness (QED) is 0.671. The SMILES string of the molecule is O=C1C[C@H]2O[C@H](c3ccccc3)OC[C@H]2O1. The molecule has 0 saturated carbocycles. The molecule has 2 heterocycles. The molecule has 3 rings (SSSR count). The van der Waals surface area contributed by atoms with Crippen LogP contribution >= 0.6 is 0 Å². The van der Waals surface area contributed by atoms with Crippen LogP contribution in [0, 0.1) is 0 Å². The Bertz CT molecular complexity index is 389. The van der Waals surface area contributed by atoms with E-state index in [2.05, 4.69) is 0 Å². The maximum absolute atomic E-state index is 11.1. The van der Waals surface area contributed by atoms with Crippen LogP contribution in [0.4, 0.5) is 0 Å². The number of carbonyl (C=O) groups excluding carboxylic acids is 1. The van der Waals surface area contributed by atoms with Crippen molar-refractivity contribution in [3.63, 3.8) is 0 Å². The van der Waals surface area contributed by atoms with Gasteiger partial charge in [0, 0.05) is 5.56 Å². The van der Waals surface area contributed by atoms with Crippen LogP contribution < -0.4 is 0 Å². The summed E-state index contributed by atoms with van der Waals surface area (Å²) in [5.41, 5.74) is 0.972. The number of esters is 1. The van der Waals surface area contributed by atoms with Crippen molar-refractivity contribution in [1.29, 1.82) is 0 Å². The highest BCUT2D eigenvalue weighted by molar-refractivity contribution is 5.72. The summed E-state index contributed by atoms with van der Waals surface area (Å²) in [7, 11) is 0. The maximum atomic E-state index is 11.1. The van der Waals surface area contributed by atoms with E-state index in [0.29, 0.717) is 13.0 Å². The highest BCUT2D eigenvalue weighted by Gasteiger charge is 2.41. The van der Waals surface area contributed by atoms with Crippen molar-refractivity contribution >= 4 is 5.97 Å². The number of carbonyl (C=O) groups is 1. The molecule has 0 spiro atoms. The van der Waals surface area contributed by atoms with E-state index in [1.165, 1.54) is 0 Å². The summed E-state index contributed by atoms with van der Waals surface area (Å²) >= 11 is 0. The van der Waals surface area contributed by atoms with Gasteiger partial charge in [0.1, 0.15) is 6.10 Å². The first-order valence-electron chi connectivity index (χ1n) is 5.34. The molecule has 0 amide bonds. The van der Waals surface area contributed by atoms with Crippen molar-refractivity contribution in [2.75, 3.05) is 6.61 Å². The summed E-state index contributed by atoms with van der Waals surface area (Å²) in [6.45, 7) is 0.413. The average Bonchev–Trinajstić information content (AvgIpc) is 2.69. The van der Waals surface area contributed by atoms with Gasteiger partial charge in [-0.1, -0.05) is 30.3 Å². The number of fused-ring (bicyclic) bond motifs is 1. The summed E-state index contributed by atoms with van der Waals surface area (Å²) < 4.78 is 16.3. The van der Waals surface area contributed by atoms with Gasteiger partial charge in [-0.25, -0.2) is 0 Å². The predicted octanol–water partition coefficient (Wildman–Crippen LogP) is 1.42. The topological polar surface area (TPSA) is 44.8 Å². The molecule has 16 heavy (non-hydrogen) atoms. The predicted molar refractivity (Wildman–Crippen MR) is 54.5 cm³/mol. The molecule has 4 heteroatoms. The van der Waals surface area contributed by atoms with Crippen LogP contribution in [0.1, 0.15) is 18.3 Å². The van der Waals surface area contributed by atoms with Crippen molar-refractivity contribution in [3.8, 4) is 0 Å². The van der Waals surface area contributed by atoms with Crippen molar-refractivity contribution in [2.24, 2.45) is 0 Å². The maximum Gasteiger partial charge on any atom is 0.309 e. The number of hydrogen-bond donors (Lipinski definition) is 0. The Morgan fingerprint density at radius 1 is 1.12 bits per heavy atom. The van der Waals surface area contributed by atoms with Crippen LogP contribution in [0.25, 0.3) is 0 Å². The molecule has 0 N–H and O–H groups in total. The van der Waals surface area contributed by atoms with E-state index in [1.54, 1.807) is 0 Å². The van der Waals surface area contributed by atoms with Gasteiger partial charge in [-0.2, -0.15) is 0 Å². The number of hydrogen-bond acceptors (Lipinski definition) is 4. The lowest BCUT2D eigenvalue weighted by molar-refractivity contribution is -0.242. The molecule has 0 aliphatic carbocycles. The second-order valence-electron chi connectivity index (χ2n) is 3.98. The monoisotopic (exact) mass is 220 g/mol. The van der Waals surface area contributed by atoms with Crippen LogP contribution in [0.5, 0.6) is 0 Å². The molecule has 0 radical (unpaired) electrons. The third-order valence-corrected chi connectivity index (χ3v) is 2.85. The zero-order valence-electron chi connectivity index (χ0n) is 8.67. The smallest absolute Gasteiger partial charge is 0.309 e. The standard InChI is InChI=1S/C12H12O4/c13-11-6-9-10(15-11)7-14-12(16-9)8-4-2-1-3-5-8/h1-5,9-10,12H,6-7H2/t9-,10-,12-/m1/s1. The highest BCUT2D eigenvalue weighted by Crippen LogP contribution is 2.32. The fourth-order valence-corrected chi connectivity index (χ4v) is 2.03. The fraction of sp³-hybridized carbons (Fsp3) is 0.417. The van der Waals surface area contributed by atoms with Gasteiger partial charge in [0.05, 0.1) is 13.0 Å². The van der Waals surface area contributed by atoms with Gasteiger partial charge in [-0.05, 0) is 0 Å². The minimum absolute atomic E-state index is 0.161. The van der Waals surface area contributed by atoms with Crippen molar-refractivity contribution < 1.29 is 19.0 Å². The van der Waals surface area contributed by atoms with Gasteiger partial charge < -0.3 is 14.2 Å². The Labute approximate surface area is 93.1 Å². The zero-order valence-corrected chi connectivity index (χ0v) is 8.67. The Hall–Kier alpha value is -1.39. The fourth-order valence-electron chi connectivity index (χ4n) is 2.03. The normalized spacial score (nSPS) is 33.2. The lowest BCUT2D eigenvalue weighted by Gasteiger charge is -2.30. The van der Waals surface area contributed by atoms with E-state index in [0.717, 1.165) is 5.56 Å². The van der Waals surface area contributed by atoms with E-state index in [-0.39, 0.29) is 24.5 Å². The molecular weight excluding hydrogens is 208 g/mol. The molecule has 1 aromatic carbocycles. The third kappa shape index (κ3) is 1.70. The molecule has 84 valence electrons. The third-order valence-electron chi connectivity index (χ3n) is 2.85. The summed E-state index contributed by atoms with van der Waals surface area (Å²) in [6.07, 6.45) is -0.437. The minimum Gasteiger partial charge on any atom is -0.457 e. The molecule has 0 unspecified atom stereocenters. The highest BCUT2D eigenvalue weighted by atomic mass is 16.7.